The highest BCUT2D eigenvalue weighted by molar-refractivity contribution is 8.00. The van der Waals surface area contributed by atoms with Gasteiger partial charge in [-0.1, -0.05) is 0 Å². The van der Waals surface area contributed by atoms with Crippen LogP contribution in [0, 0.1) is 5.92 Å². The third kappa shape index (κ3) is 7.49. The SMILES string of the molecule is O=C(CC1CCNCC1)NCCSC(F)(F)F. The number of nitrogens with one attached hydrogen (secondary N) is 2. The number of hydrogen-bond acceptors (Lipinski definition) is 3. The first kappa shape index (κ1) is 14.6. The van der Waals surface area contributed by atoms with Crippen molar-refractivity contribution in [3.05, 3.63) is 0 Å². The van der Waals surface area contributed by atoms with Crippen LogP contribution >= 0.6 is 11.8 Å². The van der Waals surface area contributed by atoms with Gasteiger partial charge in [0.15, 0.2) is 0 Å². The zero-order chi connectivity index (χ0) is 12.7. The number of rotatable bonds is 5. The van der Waals surface area contributed by atoms with E-state index in [1.165, 1.54) is 0 Å². The lowest BCUT2D eigenvalue weighted by atomic mass is 9.94. The molecule has 100 valence electrons. The van der Waals surface area contributed by atoms with Gasteiger partial charge in [-0.3, -0.25) is 4.79 Å². The summed E-state index contributed by atoms with van der Waals surface area (Å²) in [6.45, 7) is 1.91. The van der Waals surface area contributed by atoms with E-state index in [1.54, 1.807) is 0 Å². The first-order valence-electron chi connectivity index (χ1n) is 5.65. The minimum atomic E-state index is -4.21. The Kier molecular flexibility index (Phi) is 6.11. The molecule has 0 aromatic heterocycles. The lowest BCUT2D eigenvalue weighted by Crippen LogP contribution is -2.33. The maximum absolute atomic E-state index is 11.8. The van der Waals surface area contributed by atoms with Gasteiger partial charge in [0.25, 0.3) is 0 Å². The number of thioether (sulfide) groups is 1. The summed E-state index contributed by atoms with van der Waals surface area (Å²) in [6, 6.07) is 0. The molecule has 17 heavy (non-hydrogen) atoms. The highest BCUT2D eigenvalue weighted by Gasteiger charge is 2.27. The van der Waals surface area contributed by atoms with Crippen LogP contribution in [0.25, 0.3) is 0 Å². The monoisotopic (exact) mass is 270 g/mol. The lowest BCUT2D eigenvalue weighted by Gasteiger charge is -2.21. The zero-order valence-corrected chi connectivity index (χ0v) is 10.3. The summed E-state index contributed by atoms with van der Waals surface area (Å²) < 4.78 is 35.4. The van der Waals surface area contributed by atoms with E-state index < -0.39 is 5.51 Å². The molecule has 0 radical (unpaired) electrons. The van der Waals surface area contributed by atoms with E-state index in [2.05, 4.69) is 10.6 Å². The number of hydrogen-bond donors (Lipinski definition) is 2. The Morgan fingerprint density at radius 1 is 1.35 bits per heavy atom. The Morgan fingerprint density at radius 2 is 2.00 bits per heavy atom. The minimum absolute atomic E-state index is 0.0774. The van der Waals surface area contributed by atoms with Crippen molar-refractivity contribution in [1.29, 1.82) is 0 Å². The van der Waals surface area contributed by atoms with Crippen LogP contribution in [-0.4, -0.2) is 36.8 Å². The van der Waals surface area contributed by atoms with Gasteiger partial charge >= 0.3 is 5.51 Å². The smallest absolute Gasteiger partial charge is 0.355 e. The number of alkyl halides is 3. The van der Waals surface area contributed by atoms with Gasteiger partial charge < -0.3 is 10.6 Å². The summed E-state index contributed by atoms with van der Waals surface area (Å²) in [4.78, 5) is 11.4. The minimum Gasteiger partial charge on any atom is -0.355 e. The first-order chi connectivity index (χ1) is 7.97. The molecule has 0 aromatic carbocycles. The Labute approximate surface area is 103 Å². The normalized spacial score (nSPS) is 18.1. The number of halogens is 3. The van der Waals surface area contributed by atoms with Crippen LogP contribution in [0.15, 0.2) is 0 Å². The fourth-order valence-electron chi connectivity index (χ4n) is 1.78. The molecule has 0 atom stereocenters. The summed E-state index contributed by atoms with van der Waals surface area (Å²) in [6.07, 6.45) is 2.35. The van der Waals surface area contributed by atoms with E-state index in [0.717, 1.165) is 25.9 Å². The summed E-state index contributed by atoms with van der Waals surface area (Å²) in [5.41, 5.74) is -4.21. The topological polar surface area (TPSA) is 41.1 Å². The molecule has 1 heterocycles. The van der Waals surface area contributed by atoms with E-state index in [1.807, 2.05) is 0 Å². The highest BCUT2D eigenvalue weighted by atomic mass is 32.2. The maximum Gasteiger partial charge on any atom is 0.441 e. The van der Waals surface area contributed by atoms with Crippen molar-refractivity contribution in [3.8, 4) is 0 Å². The number of piperidine rings is 1. The van der Waals surface area contributed by atoms with Gasteiger partial charge in [0.05, 0.1) is 0 Å². The Bertz CT molecular complexity index is 242. The number of amides is 1. The van der Waals surface area contributed by atoms with Gasteiger partial charge in [-0.05, 0) is 43.6 Å². The molecule has 0 unspecified atom stereocenters. The fourth-order valence-corrected chi connectivity index (χ4v) is 2.21. The number of carbonyl (C=O) groups excluding carboxylic acids is 1. The third-order valence-corrected chi connectivity index (χ3v) is 3.36. The van der Waals surface area contributed by atoms with Crippen LogP contribution in [0.3, 0.4) is 0 Å². The van der Waals surface area contributed by atoms with Crippen molar-refractivity contribution in [2.75, 3.05) is 25.4 Å². The second-order valence-corrected chi connectivity index (χ2v) is 5.20. The van der Waals surface area contributed by atoms with Crippen LogP contribution in [0.4, 0.5) is 13.2 Å². The molecule has 1 aliphatic rings. The lowest BCUT2D eigenvalue weighted by molar-refractivity contribution is -0.122. The largest absolute Gasteiger partial charge is 0.441 e. The van der Waals surface area contributed by atoms with Gasteiger partial charge in [-0.2, -0.15) is 13.2 Å². The van der Waals surface area contributed by atoms with E-state index in [9.17, 15) is 18.0 Å². The fraction of sp³-hybridized carbons (Fsp3) is 0.900. The van der Waals surface area contributed by atoms with Gasteiger partial charge in [-0.25, -0.2) is 0 Å². The molecular weight excluding hydrogens is 253 g/mol. The molecule has 0 saturated carbocycles. The third-order valence-electron chi connectivity index (χ3n) is 2.62. The van der Waals surface area contributed by atoms with E-state index in [-0.39, 0.29) is 30.0 Å². The average Bonchev–Trinajstić information content (AvgIpc) is 2.25. The molecule has 1 saturated heterocycles. The highest BCUT2D eigenvalue weighted by Crippen LogP contribution is 2.29. The molecule has 0 aromatic rings. The van der Waals surface area contributed by atoms with Crippen LogP contribution in [0.2, 0.25) is 0 Å². The summed E-state index contributed by atoms with van der Waals surface area (Å²) >= 11 is -0.103. The van der Waals surface area contributed by atoms with Crippen molar-refractivity contribution >= 4 is 17.7 Å². The van der Waals surface area contributed by atoms with Gasteiger partial charge in [-0.15, -0.1) is 0 Å². The molecule has 7 heteroatoms. The molecular formula is C10H17F3N2OS. The summed E-state index contributed by atoms with van der Waals surface area (Å²) in [5.74, 6) is 0.104. The molecule has 3 nitrogen and oxygen atoms in total. The molecule has 0 aliphatic carbocycles. The van der Waals surface area contributed by atoms with Crippen LogP contribution in [-0.2, 0) is 4.79 Å². The second kappa shape index (κ2) is 7.10. The first-order valence-corrected chi connectivity index (χ1v) is 6.64. The predicted molar refractivity (Wildman–Crippen MR) is 61.7 cm³/mol. The standard InChI is InChI=1S/C10H17F3N2OS/c11-10(12,13)17-6-5-15-9(16)7-8-1-3-14-4-2-8/h8,14H,1-7H2,(H,15,16). The van der Waals surface area contributed by atoms with Gasteiger partial charge in [0.2, 0.25) is 5.91 Å². The van der Waals surface area contributed by atoms with Crippen LogP contribution in [0.5, 0.6) is 0 Å². The van der Waals surface area contributed by atoms with Crippen molar-refractivity contribution in [3.63, 3.8) is 0 Å². The maximum atomic E-state index is 11.8. The Hall–Kier alpha value is -0.430. The number of carbonyl (C=O) groups is 1. The van der Waals surface area contributed by atoms with E-state index in [0.29, 0.717) is 12.3 Å². The van der Waals surface area contributed by atoms with E-state index >= 15 is 0 Å². The van der Waals surface area contributed by atoms with Gasteiger partial charge in [0, 0.05) is 18.7 Å². The quantitative estimate of drug-likeness (QED) is 0.748. The zero-order valence-electron chi connectivity index (χ0n) is 9.48. The molecule has 0 spiro atoms. The van der Waals surface area contributed by atoms with Crippen molar-refractivity contribution in [2.24, 2.45) is 5.92 Å². The Morgan fingerprint density at radius 3 is 2.59 bits per heavy atom. The average molecular weight is 270 g/mol. The molecule has 1 fully saturated rings. The van der Waals surface area contributed by atoms with Crippen molar-refractivity contribution < 1.29 is 18.0 Å². The molecule has 0 bridgehead atoms. The predicted octanol–water partition coefficient (Wildman–Crippen LogP) is 1.75. The van der Waals surface area contributed by atoms with E-state index in [4.69, 9.17) is 0 Å². The van der Waals surface area contributed by atoms with Crippen LogP contribution < -0.4 is 10.6 Å². The van der Waals surface area contributed by atoms with Crippen molar-refractivity contribution in [1.82, 2.24) is 10.6 Å². The molecule has 1 amide bonds. The van der Waals surface area contributed by atoms with Gasteiger partial charge in [0.1, 0.15) is 0 Å². The molecule has 1 rings (SSSR count). The van der Waals surface area contributed by atoms with Crippen molar-refractivity contribution in [2.45, 2.75) is 24.8 Å². The second-order valence-electron chi connectivity index (χ2n) is 4.04. The Balaban J connectivity index is 2.04. The van der Waals surface area contributed by atoms with Crippen LogP contribution in [0.1, 0.15) is 19.3 Å². The molecule has 1 aliphatic heterocycles. The summed E-state index contributed by atoms with van der Waals surface area (Å²) in [7, 11) is 0. The molecule has 2 N–H and O–H groups in total. The summed E-state index contributed by atoms with van der Waals surface area (Å²) in [5, 5.41) is 5.72.